The molecule has 9 heteroatoms. The summed E-state index contributed by atoms with van der Waals surface area (Å²) >= 11 is 0. The molecule has 1 fully saturated rings. The van der Waals surface area contributed by atoms with Gasteiger partial charge in [-0.2, -0.15) is 4.72 Å². The molecule has 2 aromatic rings. The fourth-order valence-electron chi connectivity index (χ4n) is 3.51. The van der Waals surface area contributed by atoms with Gasteiger partial charge in [0, 0.05) is 6.20 Å². The highest BCUT2D eigenvalue weighted by Crippen LogP contribution is 2.41. The van der Waals surface area contributed by atoms with Gasteiger partial charge in [-0.25, -0.2) is 17.8 Å². The van der Waals surface area contributed by atoms with Crippen molar-refractivity contribution in [3.05, 3.63) is 71.6 Å². The lowest BCUT2D eigenvalue weighted by atomic mass is 9.71. The molecule has 1 saturated heterocycles. The third-order valence-electron chi connectivity index (χ3n) is 6.19. The number of unbranched alkanes of at least 4 members (excludes halogenated alkanes) is 2. The minimum Gasteiger partial charge on any atom is -0.400 e. The Bertz CT molecular complexity index is 1060. The molecule has 1 N–H and O–H groups in total. The van der Waals surface area contributed by atoms with E-state index in [1.807, 2.05) is 33.8 Å². The van der Waals surface area contributed by atoms with Crippen LogP contribution in [0, 0.1) is 5.82 Å². The van der Waals surface area contributed by atoms with Gasteiger partial charge in [-0.15, -0.1) is 0 Å². The first kappa shape index (κ1) is 25.6. The lowest BCUT2D eigenvalue weighted by Gasteiger charge is -2.32. The molecule has 6 nitrogen and oxygen atoms in total. The Labute approximate surface area is 196 Å². The predicted octanol–water partition coefficient (Wildman–Crippen LogP) is 4.99. The third kappa shape index (κ3) is 5.90. The van der Waals surface area contributed by atoms with E-state index >= 15 is 0 Å². The number of sulfonamides is 1. The second-order valence-corrected chi connectivity index (χ2v) is 10.9. The molecule has 0 aliphatic carbocycles. The van der Waals surface area contributed by atoms with Crippen LogP contribution in [0.15, 0.2) is 65.2 Å². The van der Waals surface area contributed by atoms with E-state index in [1.165, 1.54) is 24.4 Å². The van der Waals surface area contributed by atoms with Crippen LogP contribution in [-0.4, -0.2) is 31.7 Å². The molecule has 1 aromatic heterocycles. The summed E-state index contributed by atoms with van der Waals surface area (Å²) in [6.45, 7) is 9.87. The summed E-state index contributed by atoms with van der Waals surface area (Å²) in [5.74, 6) is -0.405. The maximum absolute atomic E-state index is 13.7. The molecule has 1 aromatic carbocycles. The van der Waals surface area contributed by atoms with Gasteiger partial charge in [-0.3, -0.25) is 0 Å². The lowest BCUT2D eigenvalue weighted by Crippen LogP contribution is -2.41. The number of allylic oxidation sites excluding steroid dienone is 1. The molecule has 1 aliphatic rings. The topological polar surface area (TPSA) is 77.5 Å². The van der Waals surface area contributed by atoms with E-state index in [1.54, 1.807) is 24.3 Å². The highest BCUT2D eigenvalue weighted by atomic mass is 32.2. The molecule has 1 atom stereocenters. The molecule has 33 heavy (non-hydrogen) atoms. The molecular weight excluding hydrogens is 442 g/mol. The van der Waals surface area contributed by atoms with Gasteiger partial charge >= 0.3 is 7.12 Å². The summed E-state index contributed by atoms with van der Waals surface area (Å²) in [4.78, 5) is 4.00. The quantitative estimate of drug-likeness (QED) is 0.409. The Kier molecular flexibility index (Phi) is 7.78. The van der Waals surface area contributed by atoms with Crippen LogP contribution in [-0.2, 0) is 19.3 Å². The van der Waals surface area contributed by atoms with Crippen LogP contribution < -0.4 is 4.72 Å². The minimum atomic E-state index is -3.99. The number of aromatic nitrogens is 1. The lowest BCUT2D eigenvalue weighted by molar-refractivity contribution is 0.00578. The first-order valence-corrected chi connectivity index (χ1v) is 12.7. The number of hydrogen-bond acceptors (Lipinski definition) is 5. The summed E-state index contributed by atoms with van der Waals surface area (Å²) in [5, 5.41) is -0.0982. The van der Waals surface area contributed by atoms with Crippen LogP contribution in [0.5, 0.6) is 0 Å². The first-order chi connectivity index (χ1) is 15.5. The molecule has 0 spiro atoms. The molecular formula is C24H32BFN2O4S. The molecule has 178 valence electrons. The number of rotatable bonds is 9. The summed E-state index contributed by atoms with van der Waals surface area (Å²) < 4.78 is 55.5. The Hall–Kier alpha value is -2.07. The molecule has 1 unspecified atom stereocenters. The molecule has 1 aliphatic heterocycles. The van der Waals surface area contributed by atoms with Crippen molar-refractivity contribution in [3.8, 4) is 0 Å². The molecule has 0 radical (unpaired) electrons. The molecule has 2 heterocycles. The fourth-order valence-corrected chi connectivity index (χ4v) is 4.67. The van der Waals surface area contributed by atoms with Crippen molar-refractivity contribution >= 4 is 17.1 Å². The van der Waals surface area contributed by atoms with E-state index in [9.17, 15) is 12.8 Å². The Morgan fingerprint density at radius 1 is 1.12 bits per heavy atom. The smallest absolute Gasteiger partial charge is 0.400 e. The zero-order valence-corrected chi connectivity index (χ0v) is 20.7. The summed E-state index contributed by atoms with van der Waals surface area (Å²) in [6.07, 6.45) is 6.02. The SMILES string of the molecule is CCCC/C=C(\B1OC(C)(C)C(C)(C)O1)C(NS(=O)(=O)c1ccccn1)c1ccc(F)cc1. The molecule has 0 bridgehead atoms. The van der Waals surface area contributed by atoms with E-state index < -0.39 is 40.2 Å². The van der Waals surface area contributed by atoms with Gasteiger partial charge in [0.2, 0.25) is 0 Å². The Morgan fingerprint density at radius 2 is 1.76 bits per heavy atom. The van der Waals surface area contributed by atoms with Crippen molar-refractivity contribution in [2.24, 2.45) is 0 Å². The number of nitrogens with one attached hydrogen (secondary N) is 1. The minimum absolute atomic E-state index is 0.0982. The summed E-state index contributed by atoms with van der Waals surface area (Å²) in [7, 11) is -4.76. The van der Waals surface area contributed by atoms with Crippen LogP contribution >= 0.6 is 0 Å². The third-order valence-corrected chi connectivity index (χ3v) is 7.52. The largest absolute Gasteiger partial charge is 0.492 e. The number of halogens is 1. The van der Waals surface area contributed by atoms with Gasteiger partial charge in [-0.1, -0.05) is 44.0 Å². The van der Waals surface area contributed by atoms with E-state index in [4.69, 9.17) is 9.31 Å². The van der Waals surface area contributed by atoms with E-state index in [-0.39, 0.29) is 5.03 Å². The average molecular weight is 474 g/mol. The average Bonchev–Trinajstić information content (AvgIpc) is 2.98. The highest BCUT2D eigenvalue weighted by molar-refractivity contribution is 7.89. The zero-order valence-electron chi connectivity index (χ0n) is 19.8. The highest BCUT2D eigenvalue weighted by Gasteiger charge is 2.53. The van der Waals surface area contributed by atoms with Gasteiger partial charge < -0.3 is 9.31 Å². The maximum Gasteiger partial charge on any atom is 0.492 e. The van der Waals surface area contributed by atoms with Gasteiger partial charge in [0.25, 0.3) is 10.0 Å². The van der Waals surface area contributed by atoms with Crippen molar-refractivity contribution in [2.45, 2.75) is 76.2 Å². The van der Waals surface area contributed by atoms with E-state index in [2.05, 4.69) is 16.6 Å². The van der Waals surface area contributed by atoms with Crippen LogP contribution in [0.25, 0.3) is 0 Å². The number of pyridine rings is 1. The number of nitrogens with zero attached hydrogens (tertiary/aromatic N) is 1. The number of benzene rings is 1. The molecule has 3 rings (SSSR count). The Balaban J connectivity index is 2.08. The monoisotopic (exact) mass is 474 g/mol. The molecule has 0 amide bonds. The summed E-state index contributed by atoms with van der Waals surface area (Å²) in [5.41, 5.74) is 0.00488. The second kappa shape index (κ2) is 10.1. The van der Waals surface area contributed by atoms with Crippen LogP contribution in [0.4, 0.5) is 4.39 Å². The Morgan fingerprint density at radius 3 is 2.30 bits per heavy atom. The van der Waals surface area contributed by atoms with Crippen LogP contribution in [0.2, 0.25) is 0 Å². The van der Waals surface area contributed by atoms with Crippen molar-refractivity contribution in [2.75, 3.05) is 0 Å². The first-order valence-electron chi connectivity index (χ1n) is 11.2. The number of hydrogen-bond donors (Lipinski definition) is 1. The fraction of sp³-hybridized carbons (Fsp3) is 0.458. The standard InChI is InChI=1S/C24H32BFN2O4S/c1-6-7-8-11-20(25-31-23(2,3)24(4,5)32-25)22(18-13-15-19(26)16-14-18)28-33(29,30)21-12-9-10-17-27-21/h9-17,22,28H,6-8H2,1-5H3/b20-11-. The van der Waals surface area contributed by atoms with Crippen molar-refractivity contribution in [1.29, 1.82) is 0 Å². The van der Waals surface area contributed by atoms with Gasteiger partial charge in [0.1, 0.15) is 5.82 Å². The van der Waals surface area contributed by atoms with Crippen molar-refractivity contribution in [1.82, 2.24) is 9.71 Å². The second-order valence-electron chi connectivity index (χ2n) is 9.21. The zero-order chi connectivity index (χ0) is 24.3. The van der Waals surface area contributed by atoms with Gasteiger partial charge in [-0.05, 0) is 69.4 Å². The van der Waals surface area contributed by atoms with Crippen molar-refractivity contribution < 1.29 is 22.1 Å². The van der Waals surface area contributed by atoms with E-state index in [0.717, 1.165) is 19.3 Å². The summed E-state index contributed by atoms with van der Waals surface area (Å²) in [6, 6.07) is 9.62. The van der Waals surface area contributed by atoms with E-state index in [0.29, 0.717) is 11.0 Å². The van der Waals surface area contributed by atoms with Crippen LogP contribution in [0.3, 0.4) is 0 Å². The molecule has 0 saturated carbocycles. The predicted molar refractivity (Wildman–Crippen MR) is 127 cm³/mol. The van der Waals surface area contributed by atoms with Crippen LogP contribution in [0.1, 0.15) is 65.5 Å². The van der Waals surface area contributed by atoms with Gasteiger partial charge in [0.15, 0.2) is 5.03 Å². The normalized spacial score (nSPS) is 19.0. The van der Waals surface area contributed by atoms with Crippen molar-refractivity contribution in [3.63, 3.8) is 0 Å². The maximum atomic E-state index is 13.7. The van der Waals surface area contributed by atoms with Gasteiger partial charge in [0.05, 0.1) is 17.2 Å².